The molecule has 2 rings (SSSR count). The Labute approximate surface area is 89.1 Å². The van der Waals surface area contributed by atoms with Gasteiger partial charge >= 0.3 is 0 Å². The van der Waals surface area contributed by atoms with Gasteiger partial charge < -0.3 is 4.98 Å². The molecular weight excluding hydrogens is 194 g/mol. The quantitative estimate of drug-likeness (QED) is 0.766. The minimum absolute atomic E-state index is 0.669. The summed E-state index contributed by atoms with van der Waals surface area (Å²) in [4.78, 5) is 3.25. The van der Waals surface area contributed by atoms with Gasteiger partial charge in [0.25, 0.3) is 0 Å². The lowest BCUT2D eigenvalue weighted by Crippen LogP contribution is -1.94. The van der Waals surface area contributed by atoms with Crippen LogP contribution < -0.4 is 0 Å². The Morgan fingerprint density at radius 3 is 2.79 bits per heavy atom. The van der Waals surface area contributed by atoms with Gasteiger partial charge in [-0.2, -0.15) is 0 Å². The van der Waals surface area contributed by atoms with Gasteiger partial charge in [0.15, 0.2) is 0 Å². The van der Waals surface area contributed by atoms with Crippen LogP contribution >= 0.6 is 11.6 Å². The van der Waals surface area contributed by atoms with E-state index in [1.54, 1.807) is 0 Å². The van der Waals surface area contributed by atoms with Crippen LogP contribution in [0.3, 0.4) is 0 Å². The van der Waals surface area contributed by atoms with Crippen molar-refractivity contribution in [2.24, 2.45) is 5.92 Å². The largest absolute Gasteiger partial charge is 0.361 e. The lowest BCUT2D eigenvalue weighted by Gasteiger charge is -2.07. The number of aromatic nitrogens is 1. The first-order valence-corrected chi connectivity index (χ1v) is 5.30. The first kappa shape index (κ1) is 9.60. The molecule has 0 saturated heterocycles. The van der Waals surface area contributed by atoms with Gasteiger partial charge in [-0.25, -0.2) is 0 Å². The highest BCUT2D eigenvalue weighted by atomic mass is 35.5. The summed E-state index contributed by atoms with van der Waals surface area (Å²) in [6.07, 6.45) is 3.04. The summed E-state index contributed by atoms with van der Waals surface area (Å²) in [6, 6.07) is 6.12. The fourth-order valence-corrected chi connectivity index (χ4v) is 2.01. The molecule has 0 aliphatic heterocycles. The van der Waals surface area contributed by atoms with Gasteiger partial charge in [0.05, 0.1) is 5.52 Å². The van der Waals surface area contributed by atoms with E-state index in [9.17, 15) is 0 Å². The van der Waals surface area contributed by atoms with Gasteiger partial charge in [-0.3, -0.25) is 0 Å². The topological polar surface area (TPSA) is 15.8 Å². The van der Waals surface area contributed by atoms with Crippen molar-refractivity contribution < 1.29 is 0 Å². The van der Waals surface area contributed by atoms with Crippen LogP contribution in [-0.4, -0.2) is 4.98 Å². The van der Waals surface area contributed by atoms with E-state index < -0.39 is 0 Å². The standard InChI is InChI=1S/C12H14ClN/c1-8(2)7-9-3-4-11(13)10-5-6-14-12(9)10/h3-6,8,14H,7H2,1-2H3. The fourth-order valence-electron chi connectivity index (χ4n) is 1.79. The molecule has 0 saturated carbocycles. The van der Waals surface area contributed by atoms with E-state index in [4.69, 9.17) is 11.6 Å². The van der Waals surface area contributed by atoms with E-state index in [0.717, 1.165) is 16.8 Å². The van der Waals surface area contributed by atoms with Crippen molar-refractivity contribution in [2.75, 3.05) is 0 Å². The smallest absolute Gasteiger partial charge is 0.0501 e. The third kappa shape index (κ3) is 1.64. The van der Waals surface area contributed by atoms with Crippen molar-refractivity contribution in [3.05, 3.63) is 35.0 Å². The van der Waals surface area contributed by atoms with Crippen molar-refractivity contribution in [2.45, 2.75) is 20.3 Å². The summed E-state index contributed by atoms with van der Waals surface area (Å²) >= 11 is 6.09. The molecule has 2 heteroatoms. The Morgan fingerprint density at radius 1 is 1.29 bits per heavy atom. The average molecular weight is 208 g/mol. The Kier molecular flexibility index (Phi) is 2.51. The van der Waals surface area contributed by atoms with Crippen molar-refractivity contribution in [1.29, 1.82) is 0 Å². The van der Waals surface area contributed by atoms with Crippen LogP contribution in [0.1, 0.15) is 19.4 Å². The highest BCUT2D eigenvalue weighted by Gasteiger charge is 2.06. The lowest BCUT2D eigenvalue weighted by atomic mass is 10.0. The predicted octanol–water partition coefficient (Wildman–Crippen LogP) is 4.02. The number of benzene rings is 1. The summed E-state index contributed by atoms with van der Waals surface area (Å²) in [5, 5.41) is 1.96. The highest BCUT2D eigenvalue weighted by Crippen LogP contribution is 2.26. The van der Waals surface area contributed by atoms with Crippen molar-refractivity contribution >= 4 is 22.5 Å². The molecule has 1 heterocycles. The van der Waals surface area contributed by atoms with E-state index in [-0.39, 0.29) is 0 Å². The zero-order valence-electron chi connectivity index (χ0n) is 8.47. The minimum atomic E-state index is 0.669. The first-order valence-electron chi connectivity index (χ1n) is 4.93. The SMILES string of the molecule is CC(C)Cc1ccc(Cl)c2cc[nH]c12. The minimum Gasteiger partial charge on any atom is -0.361 e. The summed E-state index contributed by atoms with van der Waals surface area (Å²) in [5.41, 5.74) is 2.54. The molecule has 1 aromatic heterocycles. The molecule has 1 nitrogen and oxygen atoms in total. The number of hydrogen-bond acceptors (Lipinski definition) is 0. The lowest BCUT2D eigenvalue weighted by molar-refractivity contribution is 0.649. The van der Waals surface area contributed by atoms with Gasteiger partial charge in [-0.05, 0) is 30.0 Å². The van der Waals surface area contributed by atoms with E-state index in [1.807, 2.05) is 18.3 Å². The van der Waals surface area contributed by atoms with Crippen LogP contribution in [0.25, 0.3) is 10.9 Å². The zero-order valence-corrected chi connectivity index (χ0v) is 9.23. The molecule has 2 aromatic rings. The predicted molar refractivity (Wildman–Crippen MR) is 61.9 cm³/mol. The molecule has 0 aliphatic carbocycles. The second kappa shape index (κ2) is 3.66. The van der Waals surface area contributed by atoms with Crippen LogP contribution in [0.15, 0.2) is 24.4 Å². The molecule has 0 radical (unpaired) electrons. The Morgan fingerprint density at radius 2 is 2.07 bits per heavy atom. The average Bonchev–Trinajstić information content (AvgIpc) is 2.58. The molecule has 1 aromatic carbocycles. The molecule has 0 fully saturated rings. The normalized spacial score (nSPS) is 11.4. The van der Waals surface area contributed by atoms with Crippen molar-refractivity contribution in [1.82, 2.24) is 4.98 Å². The Balaban J connectivity index is 2.55. The molecule has 0 aliphatic rings. The van der Waals surface area contributed by atoms with Crippen LogP contribution in [-0.2, 0) is 6.42 Å². The fraction of sp³-hybridized carbons (Fsp3) is 0.333. The molecule has 0 atom stereocenters. The van der Waals surface area contributed by atoms with Crippen LogP contribution in [0.4, 0.5) is 0 Å². The summed E-state index contributed by atoms with van der Waals surface area (Å²) in [7, 11) is 0. The number of nitrogens with one attached hydrogen (secondary N) is 1. The Bertz CT molecular complexity index is 443. The highest BCUT2D eigenvalue weighted by molar-refractivity contribution is 6.35. The number of fused-ring (bicyclic) bond motifs is 1. The molecule has 0 amide bonds. The van der Waals surface area contributed by atoms with E-state index >= 15 is 0 Å². The second-order valence-electron chi connectivity index (χ2n) is 4.07. The van der Waals surface area contributed by atoms with Gasteiger partial charge in [0.2, 0.25) is 0 Å². The Hall–Kier alpha value is -0.950. The third-order valence-electron chi connectivity index (χ3n) is 2.38. The third-order valence-corrected chi connectivity index (χ3v) is 2.71. The van der Waals surface area contributed by atoms with Crippen molar-refractivity contribution in [3.8, 4) is 0 Å². The van der Waals surface area contributed by atoms with Gasteiger partial charge in [-0.15, -0.1) is 0 Å². The molecular formula is C12H14ClN. The molecule has 74 valence electrons. The van der Waals surface area contributed by atoms with Crippen molar-refractivity contribution in [3.63, 3.8) is 0 Å². The van der Waals surface area contributed by atoms with Gasteiger partial charge in [0, 0.05) is 16.6 Å². The maximum Gasteiger partial charge on any atom is 0.0501 e. The van der Waals surface area contributed by atoms with Crippen LogP contribution in [0, 0.1) is 5.92 Å². The summed E-state index contributed by atoms with van der Waals surface area (Å²) in [5.74, 6) is 0.669. The number of rotatable bonds is 2. The number of H-pyrrole nitrogens is 1. The van der Waals surface area contributed by atoms with Gasteiger partial charge in [0.1, 0.15) is 0 Å². The maximum atomic E-state index is 6.09. The molecule has 0 spiro atoms. The van der Waals surface area contributed by atoms with Crippen LogP contribution in [0.5, 0.6) is 0 Å². The monoisotopic (exact) mass is 207 g/mol. The number of halogens is 1. The van der Waals surface area contributed by atoms with Crippen LogP contribution in [0.2, 0.25) is 5.02 Å². The summed E-state index contributed by atoms with van der Waals surface area (Å²) in [6.45, 7) is 4.45. The van der Waals surface area contributed by atoms with E-state index in [1.165, 1.54) is 11.1 Å². The zero-order chi connectivity index (χ0) is 10.1. The van der Waals surface area contributed by atoms with Gasteiger partial charge in [-0.1, -0.05) is 31.5 Å². The van der Waals surface area contributed by atoms with E-state index in [2.05, 4.69) is 24.9 Å². The molecule has 0 bridgehead atoms. The number of aromatic amines is 1. The summed E-state index contributed by atoms with van der Waals surface area (Å²) < 4.78 is 0. The maximum absolute atomic E-state index is 6.09. The first-order chi connectivity index (χ1) is 6.68. The second-order valence-corrected chi connectivity index (χ2v) is 4.48. The molecule has 1 N–H and O–H groups in total. The molecule has 0 unspecified atom stereocenters. The van der Waals surface area contributed by atoms with E-state index in [0.29, 0.717) is 5.92 Å². The number of hydrogen-bond donors (Lipinski definition) is 1. The molecule has 14 heavy (non-hydrogen) atoms.